The van der Waals surface area contributed by atoms with Gasteiger partial charge in [0.05, 0.1) is 0 Å². The van der Waals surface area contributed by atoms with Crippen LogP contribution in [-0.4, -0.2) is 0 Å². The van der Waals surface area contributed by atoms with Crippen LogP contribution in [0.5, 0.6) is 0 Å². The van der Waals surface area contributed by atoms with Gasteiger partial charge in [-0.05, 0) is 48.4 Å². The van der Waals surface area contributed by atoms with Gasteiger partial charge in [0.25, 0.3) is 0 Å². The molecule has 1 aromatic carbocycles. The summed E-state index contributed by atoms with van der Waals surface area (Å²) >= 11 is 0. The lowest BCUT2D eigenvalue weighted by Gasteiger charge is -2.12. The highest BCUT2D eigenvalue weighted by molar-refractivity contribution is 5.69. The third-order valence-corrected chi connectivity index (χ3v) is 2.95. The van der Waals surface area contributed by atoms with Gasteiger partial charge in [-0.15, -0.1) is 6.58 Å². The van der Waals surface area contributed by atoms with E-state index in [9.17, 15) is 4.39 Å². The van der Waals surface area contributed by atoms with Crippen LogP contribution in [0.3, 0.4) is 0 Å². The van der Waals surface area contributed by atoms with Crippen molar-refractivity contribution in [2.45, 2.75) is 19.3 Å². The van der Waals surface area contributed by atoms with Crippen molar-refractivity contribution in [2.24, 2.45) is 5.92 Å². The first-order valence-corrected chi connectivity index (χ1v) is 5.38. The molecule has 1 atom stereocenters. The molecule has 1 aliphatic rings. The lowest BCUT2D eigenvalue weighted by atomic mass is 9.92. The van der Waals surface area contributed by atoms with E-state index in [0.717, 1.165) is 18.4 Å². The Hall–Kier alpha value is -1.37. The number of hydrogen-bond donors (Lipinski definition) is 0. The molecule has 0 radical (unpaired) electrons. The van der Waals surface area contributed by atoms with E-state index in [1.807, 2.05) is 18.2 Å². The third kappa shape index (κ3) is 2.17. The standard InChI is InChI=1S/C14H15F/c1-2-4-11-5-3-6-14(11)12-7-9-13(15)10-8-12/h2,6-11H,1,3-5H2. The van der Waals surface area contributed by atoms with Gasteiger partial charge < -0.3 is 0 Å². The molecule has 1 aromatic rings. The van der Waals surface area contributed by atoms with Crippen molar-refractivity contribution in [2.75, 3.05) is 0 Å². The maximum atomic E-state index is 12.8. The fourth-order valence-electron chi connectivity index (χ4n) is 2.20. The van der Waals surface area contributed by atoms with Crippen LogP contribution < -0.4 is 0 Å². The maximum Gasteiger partial charge on any atom is 0.123 e. The van der Waals surface area contributed by atoms with E-state index in [1.54, 1.807) is 0 Å². The largest absolute Gasteiger partial charge is 0.207 e. The summed E-state index contributed by atoms with van der Waals surface area (Å²) in [7, 11) is 0. The molecule has 0 spiro atoms. The normalized spacial score (nSPS) is 20.1. The Balaban J connectivity index is 2.22. The van der Waals surface area contributed by atoms with Crippen LogP contribution in [0.2, 0.25) is 0 Å². The minimum Gasteiger partial charge on any atom is -0.207 e. The summed E-state index contributed by atoms with van der Waals surface area (Å²) < 4.78 is 12.8. The topological polar surface area (TPSA) is 0 Å². The number of hydrogen-bond acceptors (Lipinski definition) is 0. The second-order valence-corrected chi connectivity index (χ2v) is 3.97. The van der Waals surface area contributed by atoms with Crippen molar-refractivity contribution in [1.29, 1.82) is 0 Å². The van der Waals surface area contributed by atoms with Crippen molar-refractivity contribution < 1.29 is 4.39 Å². The minimum atomic E-state index is -0.169. The zero-order valence-electron chi connectivity index (χ0n) is 8.75. The summed E-state index contributed by atoms with van der Waals surface area (Å²) in [5, 5.41) is 0. The predicted molar refractivity (Wildman–Crippen MR) is 61.9 cm³/mol. The van der Waals surface area contributed by atoms with E-state index < -0.39 is 0 Å². The van der Waals surface area contributed by atoms with Gasteiger partial charge in [0.15, 0.2) is 0 Å². The van der Waals surface area contributed by atoms with E-state index in [2.05, 4.69) is 12.7 Å². The van der Waals surface area contributed by atoms with Gasteiger partial charge >= 0.3 is 0 Å². The van der Waals surface area contributed by atoms with Gasteiger partial charge in [-0.1, -0.05) is 24.3 Å². The molecule has 1 unspecified atom stereocenters. The molecule has 1 heteroatoms. The summed E-state index contributed by atoms with van der Waals surface area (Å²) in [6, 6.07) is 6.78. The van der Waals surface area contributed by atoms with Crippen molar-refractivity contribution in [3.05, 3.63) is 54.4 Å². The fraction of sp³-hybridized carbons (Fsp3) is 0.286. The molecule has 0 heterocycles. The lowest BCUT2D eigenvalue weighted by molar-refractivity contribution is 0.627. The number of benzene rings is 1. The average Bonchev–Trinajstić information content (AvgIpc) is 2.68. The molecule has 0 aliphatic heterocycles. The van der Waals surface area contributed by atoms with Crippen LogP contribution in [0.15, 0.2) is 43.0 Å². The smallest absolute Gasteiger partial charge is 0.123 e. The Labute approximate surface area is 90.1 Å². The van der Waals surface area contributed by atoms with E-state index in [1.165, 1.54) is 24.1 Å². The molecule has 0 saturated carbocycles. The van der Waals surface area contributed by atoms with Crippen LogP contribution in [0.1, 0.15) is 24.8 Å². The first kappa shape index (κ1) is 10.2. The Morgan fingerprint density at radius 1 is 1.33 bits per heavy atom. The summed E-state index contributed by atoms with van der Waals surface area (Å²) in [4.78, 5) is 0. The summed E-state index contributed by atoms with van der Waals surface area (Å²) in [6.07, 6.45) is 7.57. The van der Waals surface area contributed by atoms with E-state index >= 15 is 0 Å². The summed E-state index contributed by atoms with van der Waals surface area (Å²) in [5.41, 5.74) is 2.51. The van der Waals surface area contributed by atoms with Gasteiger partial charge in [-0.3, -0.25) is 0 Å². The van der Waals surface area contributed by atoms with Gasteiger partial charge in [-0.2, -0.15) is 0 Å². The fourth-order valence-corrected chi connectivity index (χ4v) is 2.20. The van der Waals surface area contributed by atoms with Crippen LogP contribution in [-0.2, 0) is 0 Å². The molecular formula is C14H15F. The second kappa shape index (κ2) is 4.43. The van der Waals surface area contributed by atoms with Crippen molar-refractivity contribution in [3.63, 3.8) is 0 Å². The zero-order chi connectivity index (χ0) is 10.7. The van der Waals surface area contributed by atoms with Crippen molar-refractivity contribution >= 4 is 5.57 Å². The van der Waals surface area contributed by atoms with Gasteiger partial charge in [-0.25, -0.2) is 4.39 Å². The molecule has 0 nitrogen and oxygen atoms in total. The van der Waals surface area contributed by atoms with Crippen LogP contribution in [0.4, 0.5) is 4.39 Å². The summed E-state index contributed by atoms with van der Waals surface area (Å²) in [6.45, 7) is 3.78. The SMILES string of the molecule is C=CCC1CCC=C1c1ccc(F)cc1. The monoisotopic (exact) mass is 202 g/mol. The molecule has 0 saturated heterocycles. The molecule has 0 bridgehead atoms. The highest BCUT2D eigenvalue weighted by Gasteiger charge is 2.18. The van der Waals surface area contributed by atoms with E-state index in [4.69, 9.17) is 0 Å². The maximum absolute atomic E-state index is 12.8. The molecule has 15 heavy (non-hydrogen) atoms. The van der Waals surface area contributed by atoms with Crippen molar-refractivity contribution in [1.82, 2.24) is 0 Å². The second-order valence-electron chi connectivity index (χ2n) is 3.97. The molecule has 1 aliphatic carbocycles. The molecule has 2 rings (SSSR count). The average molecular weight is 202 g/mol. The molecular weight excluding hydrogens is 187 g/mol. The van der Waals surface area contributed by atoms with Crippen LogP contribution >= 0.6 is 0 Å². The Bertz CT molecular complexity index is 373. The Morgan fingerprint density at radius 2 is 2.07 bits per heavy atom. The molecule has 0 N–H and O–H groups in total. The first-order chi connectivity index (χ1) is 7.31. The van der Waals surface area contributed by atoms with E-state index in [-0.39, 0.29) is 5.82 Å². The molecule has 78 valence electrons. The zero-order valence-corrected chi connectivity index (χ0v) is 8.75. The Morgan fingerprint density at radius 3 is 2.73 bits per heavy atom. The van der Waals surface area contributed by atoms with Crippen molar-refractivity contribution in [3.8, 4) is 0 Å². The summed E-state index contributed by atoms with van der Waals surface area (Å²) in [5.74, 6) is 0.408. The predicted octanol–water partition coefficient (Wildman–Crippen LogP) is 4.20. The van der Waals surface area contributed by atoms with Gasteiger partial charge in [0.1, 0.15) is 5.82 Å². The van der Waals surface area contributed by atoms with Gasteiger partial charge in [0.2, 0.25) is 0 Å². The van der Waals surface area contributed by atoms with E-state index in [0.29, 0.717) is 5.92 Å². The number of allylic oxidation sites excluding steroid dienone is 3. The lowest BCUT2D eigenvalue weighted by Crippen LogP contribution is -1.97. The highest BCUT2D eigenvalue weighted by Crippen LogP contribution is 2.36. The quantitative estimate of drug-likeness (QED) is 0.644. The number of rotatable bonds is 3. The molecule has 0 aromatic heterocycles. The number of halogens is 1. The first-order valence-electron chi connectivity index (χ1n) is 5.38. The molecule has 0 amide bonds. The van der Waals surface area contributed by atoms with Crippen LogP contribution in [0, 0.1) is 11.7 Å². The Kier molecular flexibility index (Phi) is 3.00. The molecule has 0 fully saturated rings. The van der Waals surface area contributed by atoms with Gasteiger partial charge in [0, 0.05) is 0 Å². The highest BCUT2D eigenvalue weighted by atomic mass is 19.1. The minimum absolute atomic E-state index is 0.169. The third-order valence-electron chi connectivity index (χ3n) is 2.95. The van der Waals surface area contributed by atoms with Crippen LogP contribution in [0.25, 0.3) is 5.57 Å².